The minimum absolute atomic E-state index is 0.397. The summed E-state index contributed by atoms with van der Waals surface area (Å²) in [4.78, 5) is 16.0. The summed E-state index contributed by atoms with van der Waals surface area (Å²) in [6.45, 7) is 2.17. The number of nitrogens with one attached hydrogen (secondary N) is 3. The monoisotopic (exact) mass is 351 g/mol. The first-order valence-corrected chi connectivity index (χ1v) is 9.33. The first kappa shape index (κ1) is 16.8. The summed E-state index contributed by atoms with van der Waals surface area (Å²) >= 11 is 0. The van der Waals surface area contributed by atoms with Gasteiger partial charge in [0.15, 0.2) is 0 Å². The molecule has 1 aliphatic heterocycles. The number of pyridine rings is 1. The van der Waals surface area contributed by atoms with Gasteiger partial charge in [-0.25, -0.2) is 4.98 Å². The van der Waals surface area contributed by atoms with Gasteiger partial charge in [0.1, 0.15) is 5.82 Å². The Morgan fingerprint density at radius 3 is 2.50 bits per heavy atom. The molecule has 1 saturated carbocycles. The highest BCUT2D eigenvalue weighted by Crippen LogP contribution is 2.29. The summed E-state index contributed by atoms with van der Waals surface area (Å²) < 4.78 is 0. The Balaban J connectivity index is 1.52. The van der Waals surface area contributed by atoms with E-state index in [1.165, 1.54) is 31.2 Å². The van der Waals surface area contributed by atoms with Crippen molar-refractivity contribution in [1.82, 2.24) is 10.3 Å². The topological polar surface area (TPSA) is 92.1 Å². The number of carbonyl (C=O) groups is 1. The van der Waals surface area contributed by atoms with Gasteiger partial charge < -0.3 is 21.7 Å². The van der Waals surface area contributed by atoms with Crippen molar-refractivity contribution in [3.05, 3.63) is 47.7 Å². The molecule has 1 amide bonds. The first-order chi connectivity index (χ1) is 12.7. The van der Waals surface area contributed by atoms with Crippen LogP contribution in [-0.2, 0) is 0 Å². The van der Waals surface area contributed by atoms with Crippen LogP contribution in [0.3, 0.4) is 0 Å². The first-order valence-electron chi connectivity index (χ1n) is 9.33. The molecule has 2 aliphatic rings. The number of piperidine rings is 1. The summed E-state index contributed by atoms with van der Waals surface area (Å²) in [5, 5.41) is 10.1. The maximum absolute atomic E-state index is 11.7. The zero-order valence-electron chi connectivity index (χ0n) is 14.8. The molecule has 1 aromatic carbocycles. The van der Waals surface area contributed by atoms with E-state index < -0.39 is 5.91 Å². The van der Waals surface area contributed by atoms with Crippen LogP contribution in [0.25, 0.3) is 0 Å². The number of hydrogen-bond donors (Lipinski definition) is 4. The maximum atomic E-state index is 11.7. The van der Waals surface area contributed by atoms with E-state index in [0.717, 1.165) is 24.6 Å². The van der Waals surface area contributed by atoms with Crippen LogP contribution in [0.4, 0.5) is 17.2 Å². The van der Waals surface area contributed by atoms with E-state index in [1.54, 1.807) is 6.20 Å². The predicted molar refractivity (Wildman–Crippen MR) is 104 cm³/mol. The maximum Gasteiger partial charge on any atom is 0.252 e. The number of nitrogens with zero attached hydrogens (tertiary/aromatic N) is 1. The Kier molecular flexibility index (Phi) is 4.75. The molecule has 0 radical (unpaired) electrons. The zero-order valence-corrected chi connectivity index (χ0v) is 14.8. The Morgan fingerprint density at radius 1 is 1.12 bits per heavy atom. The Morgan fingerprint density at radius 2 is 1.85 bits per heavy atom. The molecule has 26 heavy (non-hydrogen) atoms. The summed E-state index contributed by atoms with van der Waals surface area (Å²) in [5.41, 5.74) is 8.90. The average Bonchev–Trinajstić information content (AvgIpc) is 3.47. The molecule has 0 spiro atoms. The number of anilines is 3. The molecule has 2 fully saturated rings. The second-order valence-electron chi connectivity index (χ2n) is 7.17. The molecule has 0 unspecified atom stereocenters. The lowest BCUT2D eigenvalue weighted by Gasteiger charge is -2.23. The SMILES string of the molecule is NC(=O)c1cnc(NC2CC2)cc1Nc1ccc(C2CCNCC2)cc1. The van der Waals surface area contributed by atoms with Gasteiger partial charge in [0.05, 0.1) is 11.3 Å². The Hall–Kier alpha value is -2.60. The molecule has 6 nitrogen and oxygen atoms in total. The van der Waals surface area contributed by atoms with E-state index in [9.17, 15) is 4.79 Å². The van der Waals surface area contributed by atoms with Crippen LogP contribution >= 0.6 is 0 Å². The van der Waals surface area contributed by atoms with E-state index in [0.29, 0.717) is 23.2 Å². The van der Waals surface area contributed by atoms with Gasteiger partial charge in [-0.3, -0.25) is 4.79 Å². The van der Waals surface area contributed by atoms with Crippen LogP contribution in [0, 0.1) is 0 Å². The van der Waals surface area contributed by atoms with E-state index in [4.69, 9.17) is 5.73 Å². The van der Waals surface area contributed by atoms with Crippen molar-refractivity contribution in [2.24, 2.45) is 5.73 Å². The van der Waals surface area contributed by atoms with Crippen LogP contribution < -0.4 is 21.7 Å². The van der Waals surface area contributed by atoms with Crippen molar-refractivity contribution in [3.8, 4) is 0 Å². The largest absolute Gasteiger partial charge is 0.367 e. The summed E-state index contributed by atoms with van der Waals surface area (Å²) in [6.07, 6.45) is 6.23. The third-order valence-corrected chi connectivity index (χ3v) is 5.10. The van der Waals surface area contributed by atoms with Gasteiger partial charge >= 0.3 is 0 Å². The van der Waals surface area contributed by atoms with Crippen molar-refractivity contribution in [1.29, 1.82) is 0 Å². The fourth-order valence-electron chi connectivity index (χ4n) is 3.42. The standard InChI is InChI=1S/C20H25N5O/c21-20(26)17-12-23-19(25-16-5-6-16)11-18(17)24-15-3-1-13(2-4-15)14-7-9-22-10-8-14/h1-4,11-12,14,16,22H,5-10H2,(H2,21,26)(H2,23,24,25). The predicted octanol–water partition coefficient (Wildman–Crippen LogP) is 2.97. The van der Waals surface area contributed by atoms with Crippen LogP contribution in [0.1, 0.15) is 47.5 Å². The van der Waals surface area contributed by atoms with E-state index in [1.807, 2.05) is 6.07 Å². The van der Waals surface area contributed by atoms with E-state index in [2.05, 4.69) is 45.2 Å². The van der Waals surface area contributed by atoms with E-state index in [-0.39, 0.29) is 0 Å². The number of carbonyl (C=O) groups excluding carboxylic acids is 1. The summed E-state index contributed by atoms with van der Waals surface area (Å²) in [5.74, 6) is 0.914. The van der Waals surface area contributed by atoms with E-state index >= 15 is 0 Å². The molecule has 1 aliphatic carbocycles. The van der Waals surface area contributed by atoms with Gasteiger partial charge in [-0.05, 0) is 62.4 Å². The van der Waals surface area contributed by atoms with Crippen LogP contribution in [0.2, 0.25) is 0 Å². The van der Waals surface area contributed by atoms with Gasteiger partial charge in [-0.2, -0.15) is 0 Å². The summed E-state index contributed by atoms with van der Waals surface area (Å²) in [7, 11) is 0. The van der Waals surface area contributed by atoms with Crippen molar-refractivity contribution < 1.29 is 4.79 Å². The lowest BCUT2D eigenvalue weighted by atomic mass is 9.90. The summed E-state index contributed by atoms with van der Waals surface area (Å²) in [6, 6.07) is 10.8. The number of amides is 1. The molecule has 6 heteroatoms. The highest BCUT2D eigenvalue weighted by Gasteiger charge is 2.22. The quantitative estimate of drug-likeness (QED) is 0.642. The molecule has 1 saturated heterocycles. The molecule has 0 atom stereocenters. The third-order valence-electron chi connectivity index (χ3n) is 5.10. The molecule has 2 heterocycles. The zero-order chi connectivity index (χ0) is 17.9. The number of rotatable bonds is 6. The van der Waals surface area contributed by atoms with Gasteiger partial charge in [0.25, 0.3) is 5.91 Å². The van der Waals surface area contributed by atoms with Crippen LogP contribution in [-0.4, -0.2) is 30.0 Å². The smallest absolute Gasteiger partial charge is 0.252 e. The second-order valence-corrected chi connectivity index (χ2v) is 7.17. The van der Waals surface area contributed by atoms with Crippen molar-refractivity contribution in [2.75, 3.05) is 23.7 Å². The number of nitrogens with two attached hydrogens (primary N) is 1. The number of primary amides is 1. The molecule has 2 aromatic rings. The highest BCUT2D eigenvalue weighted by atomic mass is 16.1. The molecule has 1 aromatic heterocycles. The Labute approximate surface area is 153 Å². The average molecular weight is 351 g/mol. The van der Waals surface area contributed by atoms with Crippen molar-refractivity contribution in [2.45, 2.75) is 37.6 Å². The molecule has 4 rings (SSSR count). The molecule has 136 valence electrons. The number of hydrogen-bond acceptors (Lipinski definition) is 5. The molecule has 0 bridgehead atoms. The molecular weight excluding hydrogens is 326 g/mol. The lowest BCUT2D eigenvalue weighted by Crippen LogP contribution is -2.26. The lowest BCUT2D eigenvalue weighted by molar-refractivity contribution is 0.100. The number of aromatic nitrogens is 1. The minimum Gasteiger partial charge on any atom is -0.367 e. The highest BCUT2D eigenvalue weighted by molar-refractivity contribution is 5.99. The third kappa shape index (κ3) is 3.96. The molecule has 5 N–H and O–H groups in total. The minimum atomic E-state index is -0.482. The van der Waals surface area contributed by atoms with Crippen molar-refractivity contribution >= 4 is 23.1 Å². The van der Waals surface area contributed by atoms with Gasteiger partial charge in [-0.15, -0.1) is 0 Å². The second kappa shape index (κ2) is 7.33. The van der Waals surface area contributed by atoms with Crippen LogP contribution in [0.15, 0.2) is 36.5 Å². The fourth-order valence-corrected chi connectivity index (χ4v) is 3.42. The fraction of sp³-hybridized carbons (Fsp3) is 0.400. The van der Waals surface area contributed by atoms with Gasteiger partial charge in [-0.1, -0.05) is 12.1 Å². The van der Waals surface area contributed by atoms with Crippen LogP contribution in [0.5, 0.6) is 0 Å². The molecular formula is C20H25N5O. The van der Waals surface area contributed by atoms with Crippen molar-refractivity contribution in [3.63, 3.8) is 0 Å². The number of benzene rings is 1. The van der Waals surface area contributed by atoms with Gasteiger partial charge in [0, 0.05) is 24.0 Å². The normalized spacial score (nSPS) is 17.7. The van der Waals surface area contributed by atoms with Gasteiger partial charge in [0.2, 0.25) is 0 Å². The Bertz CT molecular complexity index is 779.